The first-order chi connectivity index (χ1) is 20.6. The molecule has 228 valence electrons. The number of carbonyl (C=O) groups is 2. The average Bonchev–Trinajstić information content (AvgIpc) is 3.36. The number of hydrogen-bond donors (Lipinski definition) is 2. The molecule has 2 aliphatic rings. The van der Waals surface area contributed by atoms with E-state index in [0.29, 0.717) is 67.1 Å². The Bertz CT molecular complexity index is 1600. The van der Waals surface area contributed by atoms with Crippen molar-refractivity contribution in [2.75, 3.05) is 38.2 Å². The van der Waals surface area contributed by atoms with Gasteiger partial charge in [0.25, 0.3) is 11.5 Å². The van der Waals surface area contributed by atoms with Gasteiger partial charge in [0.15, 0.2) is 11.9 Å². The van der Waals surface area contributed by atoms with Crippen molar-refractivity contribution in [2.24, 2.45) is 5.92 Å². The number of nitriles is 1. The molecule has 12 nitrogen and oxygen atoms in total. The molecular weight excluding hydrogens is 552 g/mol. The summed E-state index contributed by atoms with van der Waals surface area (Å²) in [5.41, 5.74) is 1.34. The zero-order valence-electron chi connectivity index (χ0n) is 25.0. The van der Waals surface area contributed by atoms with E-state index in [9.17, 15) is 19.6 Å². The first kappa shape index (κ1) is 30.3. The van der Waals surface area contributed by atoms with E-state index < -0.39 is 17.6 Å². The Morgan fingerprint density at radius 3 is 2.79 bits per heavy atom. The molecule has 2 fully saturated rings. The number of amides is 1. The van der Waals surface area contributed by atoms with Crippen LogP contribution in [0.5, 0.6) is 0 Å². The highest BCUT2D eigenvalue weighted by molar-refractivity contribution is 5.97. The van der Waals surface area contributed by atoms with Crippen molar-refractivity contribution >= 4 is 34.3 Å². The maximum atomic E-state index is 13.2. The lowest BCUT2D eigenvalue weighted by Crippen LogP contribution is -2.47. The van der Waals surface area contributed by atoms with Crippen molar-refractivity contribution in [1.29, 1.82) is 5.26 Å². The van der Waals surface area contributed by atoms with E-state index in [-0.39, 0.29) is 36.5 Å². The van der Waals surface area contributed by atoms with E-state index >= 15 is 0 Å². The van der Waals surface area contributed by atoms with E-state index in [2.05, 4.69) is 16.4 Å². The first-order valence-corrected chi connectivity index (χ1v) is 14.7. The maximum Gasteiger partial charge on any atom is 0.335 e. The zero-order chi connectivity index (χ0) is 30.7. The number of carbonyl (C=O) groups excluding carboxylic acids is 2. The van der Waals surface area contributed by atoms with Crippen molar-refractivity contribution in [3.8, 4) is 6.07 Å². The molecule has 2 saturated heterocycles. The van der Waals surface area contributed by atoms with Crippen molar-refractivity contribution in [2.45, 2.75) is 64.7 Å². The van der Waals surface area contributed by atoms with Crippen LogP contribution in [0.2, 0.25) is 0 Å². The van der Waals surface area contributed by atoms with Gasteiger partial charge in [0.05, 0.1) is 49.5 Å². The van der Waals surface area contributed by atoms with Crippen LogP contribution in [-0.2, 0) is 24.5 Å². The molecule has 2 N–H and O–H groups in total. The highest BCUT2D eigenvalue weighted by Crippen LogP contribution is 2.37. The van der Waals surface area contributed by atoms with Gasteiger partial charge < -0.3 is 29.4 Å². The van der Waals surface area contributed by atoms with Gasteiger partial charge in [-0.05, 0) is 62.4 Å². The summed E-state index contributed by atoms with van der Waals surface area (Å²) < 4.78 is 18.6. The third kappa shape index (κ3) is 6.28. The summed E-state index contributed by atoms with van der Waals surface area (Å²) in [6, 6.07) is 9.40. The van der Waals surface area contributed by atoms with Gasteiger partial charge in [-0.3, -0.25) is 14.3 Å². The summed E-state index contributed by atoms with van der Waals surface area (Å²) in [5, 5.41) is 18.2. The van der Waals surface area contributed by atoms with Gasteiger partial charge in [-0.1, -0.05) is 13.8 Å². The molecule has 2 aromatic heterocycles. The van der Waals surface area contributed by atoms with Gasteiger partial charge in [-0.15, -0.1) is 0 Å². The average molecular weight is 591 g/mol. The number of aromatic nitrogens is 3. The Morgan fingerprint density at radius 2 is 2.12 bits per heavy atom. The van der Waals surface area contributed by atoms with Crippen molar-refractivity contribution in [1.82, 2.24) is 19.7 Å². The SMILES string of the molecule is Cc1cc(Nc2nn([C@]3(CC#N)CC[C@@H](C(=O)OCC(C)C)OC3)c3cc[nH]c(=O)c23)ccc1C(=O)N1CCOC(C)C1. The Labute approximate surface area is 249 Å². The van der Waals surface area contributed by atoms with Crippen LogP contribution in [0.4, 0.5) is 11.5 Å². The molecule has 12 heteroatoms. The van der Waals surface area contributed by atoms with Crippen LogP contribution in [-0.4, -0.2) is 76.7 Å². The number of anilines is 2. The second-order valence-corrected chi connectivity index (χ2v) is 11.8. The fourth-order valence-corrected chi connectivity index (χ4v) is 5.68. The smallest absolute Gasteiger partial charge is 0.335 e. The highest BCUT2D eigenvalue weighted by Gasteiger charge is 2.42. The van der Waals surface area contributed by atoms with Gasteiger partial charge in [-0.2, -0.15) is 10.4 Å². The standard InChI is InChI=1S/C31H38N6O6/c1-19(2)17-42-30(40)25-7-9-31(10-11-32,18-43-25)37-24-8-12-33-28(38)26(24)27(35-37)34-22-5-6-23(20(3)15-22)29(39)36-13-14-41-21(4)16-36/h5-6,8,12,15,19,21,25H,7,9-10,13-14,16-18H2,1-4H3,(H,33,38)(H,34,35)/t21?,25-,31-/m0/s1. The van der Waals surface area contributed by atoms with Crippen LogP contribution >= 0.6 is 0 Å². The molecule has 5 rings (SSSR count). The van der Waals surface area contributed by atoms with Crippen LogP contribution < -0.4 is 10.9 Å². The molecule has 2 aliphatic heterocycles. The summed E-state index contributed by atoms with van der Waals surface area (Å²) >= 11 is 0. The Kier molecular flexibility index (Phi) is 8.84. The lowest BCUT2D eigenvalue weighted by molar-refractivity contribution is -0.166. The number of H-pyrrole nitrogens is 1. The van der Waals surface area contributed by atoms with E-state index in [1.807, 2.05) is 33.8 Å². The van der Waals surface area contributed by atoms with Crippen LogP contribution in [0.25, 0.3) is 10.9 Å². The molecule has 1 aromatic carbocycles. The number of pyridine rings is 1. The predicted molar refractivity (Wildman–Crippen MR) is 159 cm³/mol. The van der Waals surface area contributed by atoms with E-state index in [0.717, 1.165) is 5.56 Å². The minimum atomic E-state index is -0.892. The summed E-state index contributed by atoms with van der Waals surface area (Å²) in [7, 11) is 0. The normalized spacial score (nSPS) is 22.4. The van der Waals surface area contributed by atoms with Crippen LogP contribution in [0.1, 0.15) is 56.0 Å². The molecule has 3 atom stereocenters. The summed E-state index contributed by atoms with van der Waals surface area (Å²) in [4.78, 5) is 43.3. The van der Waals surface area contributed by atoms with Crippen LogP contribution in [0.15, 0.2) is 35.3 Å². The van der Waals surface area contributed by atoms with Gasteiger partial charge in [0.1, 0.15) is 5.39 Å². The number of aromatic amines is 1. The molecule has 4 heterocycles. The Balaban J connectivity index is 1.42. The number of esters is 1. The molecule has 0 bridgehead atoms. The number of rotatable bonds is 8. The summed E-state index contributed by atoms with van der Waals surface area (Å²) in [5.74, 6) is 0.0585. The van der Waals surface area contributed by atoms with Crippen molar-refractivity contribution in [3.63, 3.8) is 0 Å². The molecule has 0 saturated carbocycles. The largest absolute Gasteiger partial charge is 0.463 e. The lowest BCUT2D eigenvalue weighted by Gasteiger charge is -2.38. The first-order valence-electron chi connectivity index (χ1n) is 14.7. The number of hydrogen-bond acceptors (Lipinski definition) is 9. The van der Waals surface area contributed by atoms with Gasteiger partial charge in [-0.25, -0.2) is 4.79 Å². The molecular formula is C31H38N6O6. The molecule has 0 spiro atoms. The van der Waals surface area contributed by atoms with Crippen molar-refractivity contribution in [3.05, 3.63) is 51.9 Å². The minimum Gasteiger partial charge on any atom is -0.463 e. The number of nitrogens with zero attached hydrogens (tertiary/aromatic N) is 4. The van der Waals surface area contributed by atoms with Gasteiger partial charge in [0, 0.05) is 30.5 Å². The Morgan fingerprint density at radius 1 is 1.30 bits per heavy atom. The zero-order valence-corrected chi connectivity index (χ0v) is 25.0. The number of morpholine rings is 1. The molecule has 1 unspecified atom stereocenters. The number of benzene rings is 1. The second-order valence-electron chi connectivity index (χ2n) is 11.8. The third-order valence-electron chi connectivity index (χ3n) is 7.96. The number of fused-ring (bicyclic) bond motifs is 1. The fraction of sp³-hybridized carbons (Fsp3) is 0.516. The van der Waals surface area contributed by atoms with Crippen molar-refractivity contribution < 1.29 is 23.8 Å². The Hall–Kier alpha value is -4.21. The maximum absolute atomic E-state index is 13.2. The monoisotopic (exact) mass is 590 g/mol. The minimum absolute atomic E-state index is 0.0103. The topological polar surface area (TPSA) is 152 Å². The molecule has 0 aliphatic carbocycles. The van der Waals surface area contributed by atoms with Crippen LogP contribution in [0.3, 0.4) is 0 Å². The number of nitrogens with one attached hydrogen (secondary N) is 2. The predicted octanol–water partition coefficient (Wildman–Crippen LogP) is 3.62. The lowest BCUT2D eigenvalue weighted by atomic mass is 9.87. The molecule has 1 amide bonds. The number of aryl methyl sites for hydroxylation is 1. The van der Waals surface area contributed by atoms with E-state index in [1.165, 1.54) is 0 Å². The summed E-state index contributed by atoms with van der Waals surface area (Å²) in [6.45, 7) is 9.71. The fourth-order valence-electron chi connectivity index (χ4n) is 5.68. The summed E-state index contributed by atoms with van der Waals surface area (Å²) in [6.07, 6.45) is 1.66. The van der Waals surface area contributed by atoms with Gasteiger partial charge in [0.2, 0.25) is 0 Å². The highest BCUT2D eigenvalue weighted by atomic mass is 16.6. The van der Waals surface area contributed by atoms with E-state index in [1.54, 1.807) is 34.0 Å². The van der Waals surface area contributed by atoms with Gasteiger partial charge >= 0.3 is 5.97 Å². The quantitative estimate of drug-likeness (QED) is 0.375. The third-order valence-corrected chi connectivity index (χ3v) is 7.96. The second kappa shape index (κ2) is 12.6. The number of ether oxygens (including phenoxy) is 3. The van der Waals surface area contributed by atoms with Crippen LogP contribution in [0, 0.1) is 24.2 Å². The molecule has 43 heavy (non-hydrogen) atoms. The van der Waals surface area contributed by atoms with E-state index in [4.69, 9.17) is 19.3 Å². The molecule has 3 aromatic rings. The molecule has 0 radical (unpaired) electrons.